The van der Waals surface area contributed by atoms with E-state index in [1.807, 2.05) is 6.07 Å². The summed E-state index contributed by atoms with van der Waals surface area (Å²) >= 11 is 7.34. The molecule has 0 aliphatic rings. The number of amides is 2. The minimum Gasteiger partial charge on any atom is -0.321 e. The van der Waals surface area contributed by atoms with Gasteiger partial charge in [0.25, 0.3) is 11.8 Å². The summed E-state index contributed by atoms with van der Waals surface area (Å²) in [5.41, 5.74) is 2.05. The van der Waals surface area contributed by atoms with Gasteiger partial charge < -0.3 is 5.32 Å². The number of hydrogen-bond donors (Lipinski definition) is 2. The van der Waals surface area contributed by atoms with E-state index in [9.17, 15) is 9.59 Å². The second-order valence-electron chi connectivity index (χ2n) is 5.95. The molecule has 0 saturated heterocycles. The molecule has 1 heterocycles. The van der Waals surface area contributed by atoms with Crippen LogP contribution in [0.2, 0.25) is 5.02 Å². The minimum atomic E-state index is -0.353. The molecule has 0 unspecified atom stereocenters. The highest BCUT2D eigenvalue weighted by atomic mass is 35.5. The van der Waals surface area contributed by atoms with Gasteiger partial charge in [0.15, 0.2) is 5.13 Å². The molecule has 138 valence electrons. The monoisotopic (exact) mass is 407 g/mol. The number of halogens is 1. The van der Waals surface area contributed by atoms with E-state index in [-0.39, 0.29) is 11.8 Å². The summed E-state index contributed by atoms with van der Waals surface area (Å²) in [7, 11) is 0. The van der Waals surface area contributed by atoms with Gasteiger partial charge in [0, 0.05) is 10.6 Å². The number of benzene rings is 3. The molecule has 28 heavy (non-hydrogen) atoms. The highest BCUT2D eigenvalue weighted by Crippen LogP contribution is 2.29. The highest BCUT2D eigenvalue weighted by Gasteiger charge is 2.16. The Labute approximate surface area is 170 Å². The Morgan fingerprint density at radius 2 is 1.61 bits per heavy atom. The maximum absolute atomic E-state index is 12.8. The van der Waals surface area contributed by atoms with Gasteiger partial charge in [0.1, 0.15) is 0 Å². The van der Waals surface area contributed by atoms with Crippen molar-refractivity contribution in [3.63, 3.8) is 0 Å². The molecule has 5 nitrogen and oxygen atoms in total. The Hall–Kier alpha value is -3.22. The fourth-order valence-electron chi connectivity index (χ4n) is 2.69. The molecule has 4 aromatic rings. The van der Waals surface area contributed by atoms with Crippen molar-refractivity contribution in [2.24, 2.45) is 0 Å². The van der Waals surface area contributed by atoms with Crippen LogP contribution in [0.5, 0.6) is 0 Å². The van der Waals surface area contributed by atoms with Crippen LogP contribution in [-0.4, -0.2) is 16.8 Å². The molecule has 0 spiro atoms. The molecule has 4 rings (SSSR count). The number of para-hydroxylation sites is 1. The number of aromatic nitrogens is 1. The van der Waals surface area contributed by atoms with Crippen LogP contribution < -0.4 is 10.6 Å². The van der Waals surface area contributed by atoms with Gasteiger partial charge in [0.05, 0.1) is 21.5 Å². The van der Waals surface area contributed by atoms with Gasteiger partial charge in [-0.25, -0.2) is 4.98 Å². The predicted molar refractivity (Wildman–Crippen MR) is 113 cm³/mol. The molecule has 2 N–H and O–H groups in total. The van der Waals surface area contributed by atoms with Gasteiger partial charge in [-0.2, -0.15) is 0 Å². The maximum Gasteiger partial charge on any atom is 0.259 e. The van der Waals surface area contributed by atoms with E-state index in [0.717, 1.165) is 10.2 Å². The molecular weight excluding hydrogens is 394 g/mol. The van der Waals surface area contributed by atoms with E-state index in [2.05, 4.69) is 15.6 Å². The van der Waals surface area contributed by atoms with Gasteiger partial charge in [-0.15, -0.1) is 0 Å². The molecule has 0 atom stereocenters. The largest absolute Gasteiger partial charge is 0.321 e. The van der Waals surface area contributed by atoms with Crippen molar-refractivity contribution in [3.05, 3.63) is 88.9 Å². The topological polar surface area (TPSA) is 71.1 Å². The first kappa shape index (κ1) is 18.2. The number of nitrogens with zero attached hydrogens (tertiary/aromatic N) is 1. The Balaban J connectivity index is 1.56. The van der Waals surface area contributed by atoms with E-state index in [1.165, 1.54) is 11.3 Å². The summed E-state index contributed by atoms with van der Waals surface area (Å²) in [6.07, 6.45) is 0. The summed E-state index contributed by atoms with van der Waals surface area (Å²) in [6.45, 7) is 0. The third-order valence-electron chi connectivity index (χ3n) is 4.03. The molecule has 7 heteroatoms. The molecule has 0 aliphatic heterocycles. The van der Waals surface area contributed by atoms with Crippen LogP contribution >= 0.6 is 22.9 Å². The van der Waals surface area contributed by atoms with Crippen LogP contribution in [0.25, 0.3) is 10.2 Å². The van der Waals surface area contributed by atoms with Gasteiger partial charge in [-0.3, -0.25) is 14.9 Å². The number of carbonyl (C=O) groups excluding carboxylic acids is 2. The molecule has 0 radical (unpaired) electrons. The Bertz CT molecular complexity index is 1170. The molecule has 3 aromatic carbocycles. The molecule has 0 saturated carbocycles. The fraction of sp³-hybridized carbons (Fsp3) is 0. The Morgan fingerprint density at radius 1 is 0.857 bits per heavy atom. The van der Waals surface area contributed by atoms with Crippen LogP contribution in [0, 0.1) is 0 Å². The first-order chi connectivity index (χ1) is 13.6. The molecule has 0 fully saturated rings. The third kappa shape index (κ3) is 3.88. The van der Waals surface area contributed by atoms with E-state index in [0.29, 0.717) is 27.0 Å². The fourth-order valence-corrected chi connectivity index (χ4v) is 3.83. The van der Waals surface area contributed by atoms with Crippen molar-refractivity contribution in [2.75, 3.05) is 10.6 Å². The van der Waals surface area contributed by atoms with E-state index in [4.69, 9.17) is 11.6 Å². The Kier molecular flexibility index (Phi) is 5.06. The lowest BCUT2D eigenvalue weighted by Crippen LogP contribution is -2.18. The second-order valence-corrected chi connectivity index (χ2v) is 7.42. The van der Waals surface area contributed by atoms with Crippen molar-refractivity contribution >= 4 is 55.8 Å². The zero-order valence-electron chi connectivity index (χ0n) is 14.5. The minimum absolute atomic E-state index is 0.282. The summed E-state index contributed by atoms with van der Waals surface area (Å²) in [6, 6.07) is 21.0. The molecule has 1 aromatic heterocycles. The summed E-state index contributed by atoms with van der Waals surface area (Å²) in [5, 5.41) is 6.67. The summed E-state index contributed by atoms with van der Waals surface area (Å²) in [4.78, 5) is 29.6. The van der Waals surface area contributed by atoms with Crippen LogP contribution in [0.1, 0.15) is 20.7 Å². The quantitative estimate of drug-likeness (QED) is 0.472. The number of hydrogen-bond acceptors (Lipinski definition) is 4. The van der Waals surface area contributed by atoms with Crippen LogP contribution in [-0.2, 0) is 0 Å². The summed E-state index contributed by atoms with van der Waals surface area (Å²) in [5.74, 6) is -0.635. The van der Waals surface area contributed by atoms with Crippen LogP contribution in [0.15, 0.2) is 72.8 Å². The SMILES string of the molecule is O=C(Nc1ccccc1C(=O)Nc1nc2ccc(Cl)cc2s1)c1ccccc1. The summed E-state index contributed by atoms with van der Waals surface area (Å²) < 4.78 is 0.883. The lowest BCUT2D eigenvalue weighted by molar-refractivity contribution is 0.102. The molecule has 0 aliphatic carbocycles. The first-order valence-corrected chi connectivity index (χ1v) is 9.62. The average molecular weight is 408 g/mol. The number of anilines is 2. The zero-order chi connectivity index (χ0) is 19.5. The Morgan fingerprint density at radius 3 is 2.43 bits per heavy atom. The van der Waals surface area contributed by atoms with Crippen molar-refractivity contribution in [3.8, 4) is 0 Å². The average Bonchev–Trinajstić information content (AvgIpc) is 3.10. The van der Waals surface area contributed by atoms with Crippen molar-refractivity contribution in [1.82, 2.24) is 4.98 Å². The molecule has 2 amide bonds. The van der Waals surface area contributed by atoms with Crippen molar-refractivity contribution in [1.29, 1.82) is 0 Å². The standard InChI is InChI=1S/C21H14ClN3O2S/c22-14-10-11-17-18(12-14)28-21(24-17)25-20(27)15-8-4-5-9-16(15)23-19(26)13-6-2-1-3-7-13/h1-12H,(H,23,26)(H,24,25,27). The van der Waals surface area contributed by atoms with Gasteiger partial charge in [0.2, 0.25) is 0 Å². The zero-order valence-corrected chi connectivity index (χ0v) is 16.1. The predicted octanol–water partition coefficient (Wildman–Crippen LogP) is 5.45. The van der Waals surface area contributed by atoms with Gasteiger partial charge in [-0.05, 0) is 42.5 Å². The van der Waals surface area contributed by atoms with Gasteiger partial charge in [-0.1, -0.05) is 53.3 Å². The van der Waals surface area contributed by atoms with E-state index < -0.39 is 0 Å². The van der Waals surface area contributed by atoms with Gasteiger partial charge >= 0.3 is 0 Å². The lowest BCUT2D eigenvalue weighted by atomic mass is 10.1. The first-order valence-electron chi connectivity index (χ1n) is 8.43. The normalized spacial score (nSPS) is 10.6. The number of thiazole rings is 1. The number of fused-ring (bicyclic) bond motifs is 1. The number of nitrogens with one attached hydrogen (secondary N) is 2. The maximum atomic E-state index is 12.8. The lowest BCUT2D eigenvalue weighted by Gasteiger charge is -2.10. The van der Waals surface area contributed by atoms with E-state index >= 15 is 0 Å². The van der Waals surface area contributed by atoms with Crippen LogP contribution in [0.3, 0.4) is 0 Å². The van der Waals surface area contributed by atoms with Crippen LogP contribution in [0.4, 0.5) is 10.8 Å². The van der Waals surface area contributed by atoms with Crippen molar-refractivity contribution < 1.29 is 9.59 Å². The second kappa shape index (κ2) is 7.80. The number of carbonyl (C=O) groups is 2. The smallest absolute Gasteiger partial charge is 0.259 e. The molecular formula is C21H14ClN3O2S. The third-order valence-corrected chi connectivity index (χ3v) is 5.20. The number of rotatable bonds is 4. The highest BCUT2D eigenvalue weighted by molar-refractivity contribution is 7.22. The van der Waals surface area contributed by atoms with Crippen molar-refractivity contribution in [2.45, 2.75) is 0 Å². The van der Waals surface area contributed by atoms with E-state index in [1.54, 1.807) is 66.7 Å². The molecule has 0 bridgehead atoms.